The molecule has 26 heavy (non-hydrogen) atoms. The molecule has 6 nitrogen and oxygen atoms in total. The van der Waals surface area contributed by atoms with Crippen LogP contribution in [0.25, 0.3) is 10.9 Å². The summed E-state index contributed by atoms with van der Waals surface area (Å²) in [6.45, 7) is 1.41. The van der Waals surface area contributed by atoms with Crippen LogP contribution in [-0.2, 0) is 20.0 Å². The van der Waals surface area contributed by atoms with Gasteiger partial charge in [-0.25, -0.2) is 0 Å². The van der Waals surface area contributed by atoms with E-state index in [4.69, 9.17) is 0 Å². The van der Waals surface area contributed by atoms with Crippen molar-refractivity contribution in [3.05, 3.63) is 69.8 Å². The van der Waals surface area contributed by atoms with Gasteiger partial charge in [0, 0.05) is 55.3 Å². The molecule has 0 atom stereocenters. The van der Waals surface area contributed by atoms with Crippen molar-refractivity contribution in [1.82, 2.24) is 14.5 Å². The molecule has 1 amide bonds. The van der Waals surface area contributed by atoms with Gasteiger partial charge in [-0.3, -0.25) is 14.4 Å². The number of carbonyl (C=O) groups is 2. The summed E-state index contributed by atoms with van der Waals surface area (Å²) in [6, 6.07) is 10.6. The summed E-state index contributed by atoms with van der Waals surface area (Å²) in [5.74, 6) is -0.0871. The van der Waals surface area contributed by atoms with Crippen LogP contribution in [0.2, 0.25) is 0 Å². The number of rotatable bonds is 3. The Bertz CT molecular complexity index is 1090. The Morgan fingerprint density at radius 1 is 1.15 bits per heavy atom. The van der Waals surface area contributed by atoms with E-state index in [1.165, 1.54) is 10.6 Å². The number of fused-ring (bicyclic) bond motifs is 3. The molecule has 0 saturated carbocycles. The highest BCUT2D eigenvalue weighted by atomic mass is 16.2. The van der Waals surface area contributed by atoms with Crippen LogP contribution < -0.4 is 10.9 Å². The summed E-state index contributed by atoms with van der Waals surface area (Å²) in [6.07, 6.45) is 2.78. The molecule has 3 aromatic rings. The zero-order chi connectivity index (χ0) is 18.3. The lowest BCUT2D eigenvalue weighted by atomic mass is 10.0. The van der Waals surface area contributed by atoms with Crippen LogP contribution in [0.1, 0.15) is 32.8 Å². The maximum absolute atomic E-state index is 12.7. The van der Waals surface area contributed by atoms with E-state index in [9.17, 15) is 14.4 Å². The van der Waals surface area contributed by atoms with Crippen molar-refractivity contribution in [3.8, 4) is 0 Å². The van der Waals surface area contributed by atoms with Gasteiger partial charge in [0.2, 0.25) is 5.56 Å². The fourth-order valence-corrected chi connectivity index (χ4v) is 3.43. The molecule has 0 unspecified atom stereocenters. The van der Waals surface area contributed by atoms with Crippen molar-refractivity contribution in [2.45, 2.75) is 19.4 Å². The molecular formula is C20H19N3O3. The molecule has 0 aliphatic carbocycles. The minimum absolute atomic E-state index is 0.0147. The molecule has 132 valence electrons. The molecule has 0 spiro atoms. The summed E-state index contributed by atoms with van der Waals surface area (Å²) in [7, 11) is 1.67. The molecule has 3 heterocycles. The van der Waals surface area contributed by atoms with Crippen molar-refractivity contribution in [2.24, 2.45) is 7.05 Å². The topological polar surface area (TPSA) is 73.1 Å². The average Bonchev–Trinajstić information content (AvgIpc) is 2.89. The number of hydrogen-bond acceptors (Lipinski definition) is 3. The van der Waals surface area contributed by atoms with E-state index < -0.39 is 0 Å². The number of ketones is 1. The van der Waals surface area contributed by atoms with Crippen LogP contribution in [-0.4, -0.2) is 27.4 Å². The van der Waals surface area contributed by atoms with Gasteiger partial charge in [-0.1, -0.05) is 18.2 Å². The smallest absolute Gasteiger partial charge is 0.267 e. The Kier molecular flexibility index (Phi) is 3.95. The van der Waals surface area contributed by atoms with Gasteiger partial charge in [-0.2, -0.15) is 0 Å². The van der Waals surface area contributed by atoms with Gasteiger partial charge in [-0.05, 0) is 24.1 Å². The van der Waals surface area contributed by atoms with Gasteiger partial charge >= 0.3 is 0 Å². The maximum Gasteiger partial charge on any atom is 0.267 e. The maximum atomic E-state index is 12.7. The number of nitrogens with zero attached hydrogens (tertiary/aromatic N) is 2. The van der Waals surface area contributed by atoms with E-state index in [1.54, 1.807) is 25.4 Å². The first kappa shape index (κ1) is 16.3. The molecule has 6 heteroatoms. The zero-order valence-corrected chi connectivity index (χ0v) is 14.5. The lowest BCUT2D eigenvalue weighted by Gasteiger charge is -2.07. The number of carbonyl (C=O) groups excluding carboxylic acids is 2. The monoisotopic (exact) mass is 349 g/mol. The SMILES string of the molecule is Cn1cc(CC(=O)c2ccc3cc4n(c3c2)CCCNC4=O)ccc1=O. The number of nitrogens with one attached hydrogen (secondary N) is 1. The molecule has 0 fully saturated rings. The number of pyridine rings is 1. The Hall–Kier alpha value is -3.15. The van der Waals surface area contributed by atoms with Crippen LogP contribution in [0.15, 0.2) is 47.4 Å². The highest BCUT2D eigenvalue weighted by Gasteiger charge is 2.19. The predicted octanol–water partition coefficient (Wildman–Crippen LogP) is 1.90. The van der Waals surface area contributed by atoms with Crippen molar-refractivity contribution >= 4 is 22.6 Å². The second kappa shape index (κ2) is 6.29. The molecule has 1 N–H and O–H groups in total. The first-order valence-corrected chi connectivity index (χ1v) is 8.63. The molecule has 4 rings (SSSR count). The molecule has 0 saturated heterocycles. The first-order valence-electron chi connectivity index (χ1n) is 8.63. The van der Waals surface area contributed by atoms with Gasteiger partial charge in [-0.15, -0.1) is 0 Å². The van der Waals surface area contributed by atoms with E-state index >= 15 is 0 Å². The molecule has 2 aromatic heterocycles. The van der Waals surface area contributed by atoms with E-state index in [2.05, 4.69) is 5.32 Å². The second-order valence-corrected chi connectivity index (χ2v) is 6.65. The van der Waals surface area contributed by atoms with E-state index in [1.807, 2.05) is 22.8 Å². The van der Waals surface area contributed by atoms with Crippen LogP contribution in [0, 0.1) is 0 Å². The fourth-order valence-electron chi connectivity index (χ4n) is 3.43. The van der Waals surface area contributed by atoms with Gasteiger partial charge in [0.05, 0.1) is 0 Å². The summed E-state index contributed by atoms with van der Waals surface area (Å²) in [4.78, 5) is 36.3. The minimum Gasteiger partial charge on any atom is -0.351 e. The fraction of sp³-hybridized carbons (Fsp3) is 0.250. The van der Waals surface area contributed by atoms with Crippen molar-refractivity contribution in [1.29, 1.82) is 0 Å². The summed E-state index contributed by atoms with van der Waals surface area (Å²) >= 11 is 0. The van der Waals surface area contributed by atoms with Gasteiger partial charge in [0.25, 0.3) is 5.91 Å². The minimum atomic E-state index is -0.100. The van der Waals surface area contributed by atoms with Crippen LogP contribution >= 0.6 is 0 Å². The molecule has 1 aromatic carbocycles. The molecule has 0 radical (unpaired) electrons. The summed E-state index contributed by atoms with van der Waals surface area (Å²) in [5, 5.41) is 3.84. The number of Topliss-reactive ketones (excluding diaryl/α,β-unsaturated/α-hetero) is 1. The van der Waals surface area contributed by atoms with E-state index in [0.29, 0.717) is 17.8 Å². The summed E-state index contributed by atoms with van der Waals surface area (Å²) in [5.41, 5.74) is 2.85. The number of hydrogen-bond donors (Lipinski definition) is 1. The largest absolute Gasteiger partial charge is 0.351 e. The Labute approximate surface area is 150 Å². The third-order valence-corrected chi connectivity index (χ3v) is 4.81. The first-order chi connectivity index (χ1) is 12.5. The normalized spacial score (nSPS) is 14.0. The summed E-state index contributed by atoms with van der Waals surface area (Å²) < 4.78 is 3.46. The Morgan fingerprint density at radius 2 is 2.00 bits per heavy atom. The number of amides is 1. The number of benzene rings is 1. The predicted molar refractivity (Wildman–Crippen MR) is 98.6 cm³/mol. The highest BCUT2D eigenvalue weighted by molar-refractivity contribution is 6.03. The lowest BCUT2D eigenvalue weighted by molar-refractivity contribution is 0.0950. The average molecular weight is 349 g/mol. The van der Waals surface area contributed by atoms with Gasteiger partial charge in [0.15, 0.2) is 5.78 Å². The third-order valence-electron chi connectivity index (χ3n) is 4.81. The standard InChI is InChI=1S/C20H19N3O3/c1-22-12-13(3-6-19(22)25)9-18(24)15-5-4-14-10-17-20(26)21-7-2-8-23(17)16(14)11-15/h3-6,10-12H,2,7-9H2,1H3,(H,21,26). The van der Waals surface area contributed by atoms with E-state index in [-0.39, 0.29) is 23.7 Å². The number of aromatic nitrogens is 2. The zero-order valence-electron chi connectivity index (χ0n) is 14.5. The molecule has 0 bridgehead atoms. The number of aryl methyl sites for hydroxylation is 2. The highest BCUT2D eigenvalue weighted by Crippen LogP contribution is 2.24. The second-order valence-electron chi connectivity index (χ2n) is 6.65. The quantitative estimate of drug-likeness (QED) is 0.734. The van der Waals surface area contributed by atoms with E-state index in [0.717, 1.165) is 29.4 Å². The van der Waals surface area contributed by atoms with Crippen molar-refractivity contribution in [2.75, 3.05) is 6.54 Å². The van der Waals surface area contributed by atoms with Gasteiger partial charge in [0.1, 0.15) is 5.69 Å². The Morgan fingerprint density at radius 3 is 2.81 bits per heavy atom. The van der Waals surface area contributed by atoms with Gasteiger partial charge < -0.3 is 14.5 Å². The van der Waals surface area contributed by atoms with Crippen molar-refractivity contribution < 1.29 is 9.59 Å². The molecular weight excluding hydrogens is 330 g/mol. The lowest BCUT2D eigenvalue weighted by Crippen LogP contribution is -2.22. The Balaban J connectivity index is 1.69. The van der Waals surface area contributed by atoms with Crippen molar-refractivity contribution in [3.63, 3.8) is 0 Å². The molecule has 1 aliphatic rings. The van der Waals surface area contributed by atoms with Crippen LogP contribution in [0.5, 0.6) is 0 Å². The van der Waals surface area contributed by atoms with Crippen LogP contribution in [0.3, 0.4) is 0 Å². The van der Waals surface area contributed by atoms with Crippen LogP contribution in [0.4, 0.5) is 0 Å². The third kappa shape index (κ3) is 2.83. The molecule has 1 aliphatic heterocycles.